The lowest BCUT2D eigenvalue weighted by Crippen LogP contribution is -2.22. The van der Waals surface area contributed by atoms with Crippen LogP contribution in [0.1, 0.15) is 24.8 Å². The Morgan fingerprint density at radius 1 is 1.33 bits per heavy atom. The maximum Gasteiger partial charge on any atom is 0.101 e. The molecule has 1 aromatic rings. The summed E-state index contributed by atoms with van der Waals surface area (Å²) in [5.74, 6) is 0. The molecule has 1 aromatic carbocycles. The van der Waals surface area contributed by atoms with Crippen LogP contribution in [0.4, 0.5) is 5.69 Å². The molecule has 3 nitrogen and oxygen atoms in total. The molecule has 1 saturated heterocycles. The number of likely N-dealkylation sites (tertiary alicyclic amines) is 1. The van der Waals surface area contributed by atoms with Crippen molar-refractivity contribution < 1.29 is 0 Å². The predicted molar refractivity (Wildman–Crippen MR) is 74.9 cm³/mol. The maximum absolute atomic E-state index is 9.00. The first-order chi connectivity index (χ1) is 8.79. The van der Waals surface area contributed by atoms with Gasteiger partial charge in [-0.25, -0.2) is 0 Å². The molecule has 18 heavy (non-hydrogen) atoms. The zero-order valence-corrected chi connectivity index (χ0v) is 11.2. The van der Waals surface area contributed by atoms with E-state index in [0.29, 0.717) is 10.6 Å². The van der Waals surface area contributed by atoms with Gasteiger partial charge in [-0.2, -0.15) is 5.26 Å². The fraction of sp³-hybridized carbons (Fsp3) is 0.500. The number of hydrogen-bond acceptors (Lipinski definition) is 3. The molecule has 0 unspecified atom stereocenters. The average Bonchev–Trinajstić information content (AvgIpc) is 2.88. The summed E-state index contributed by atoms with van der Waals surface area (Å²) >= 11 is 5.93. The van der Waals surface area contributed by atoms with Crippen LogP contribution in [0.25, 0.3) is 0 Å². The van der Waals surface area contributed by atoms with Crippen LogP contribution in [-0.2, 0) is 0 Å². The van der Waals surface area contributed by atoms with Gasteiger partial charge in [0.05, 0.1) is 11.3 Å². The molecule has 1 aliphatic rings. The van der Waals surface area contributed by atoms with Crippen molar-refractivity contribution in [2.24, 2.45) is 0 Å². The molecule has 1 aliphatic heterocycles. The zero-order chi connectivity index (χ0) is 12.8. The second-order valence-electron chi connectivity index (χ2n) is 4.63. The molecule has 0 amide bonds. The maximum atomic E-state index is 9.00. The van der Waals surface area contributed by atoms with E-state index in [1.54, 1.807) is 12.1 Å². The minimum Gasteiger partial charge on any atom is -0.384 e. The number of anilines is 1. The molecule has 0 saturated carbocycles. The normalized spacial score (nSPS) is 15.6. The van der Waals surface area contributed by atoms with Gasteiger partial charge in [0.1, 0.15) is 6.07 Å². The molecule has 0 aromatic heterocycles. The van der Waals surface area contributed by atoms with Gasteiger partial charge in [0.15, 0.2) is 0 Å². The van der Waals surface area contributed by atoms with Crippen LogP contribution in [-0.4, -0.2) is 31.1 Å². The lowest BCUT2D eigenvalue weighted by molar-refractivity contribution is 0.337. The van der Waals surface area contributed by atoms with Crippen molar-refractivity contribution in [1.82, 2.24) is 4.90 Å². The minimum absolute atomic E-state index is 0.653. The Hall–Kier alpha value is -1.24. The number of nitrogens with one attached hydrogen (secondary N) is 1. The highest BCUT2D eigenvalue weighted by Crippen LogP contribution is 2.20. The van der Waals surface area contributed by atoms with E-state index in [-0.39, 0.29) is 0 Å². The van der Waals surface area contributed by atoms with E-state index < -0.39 is 0 Å². The number of rotatable bonds is 5. The van der Waals surface area contributed by atoms with Gasteiger partial charge in [0.25, 0.3) is 0 Å². The van der Waals surface area contributed by atoms with Crippen LogP contribution in [0.3, 0.4) is 0 Å². The first kappa shape index (κ1) is 13.2. The fourth-order valence-electron chi connectivity index (χ4n) is 2.29. The fourth-order valence-corrected chi connectivity index (χ4v) is 2.46. The van der Waals surface area contributed by atoms with Gasteiger partial charge in [-0.3, -0.25) is 0 Å². The van der Waals surface area contributed by atoms with Gasteiger partial charge >= 0.3 is 0 Å². The van der Waals surface area contributed by atoms with Gasteiger partial charge in [0, 0.05) is 11.6 Å². The van der Waals surface area contributed by atoms with Crippen LogP contribution in [0.15, 0.2) is 18.2 Å². The second-order valence-corrected chi connectivity index (χ2v) is 5.07. The number of benzene rings is 1. The number of halogens is 1. The van der Waals surface area contributed by atoms with Crippen molar-refractivity contribution in [3.05, 3.63) is 28.8 Å². The Balaban J connectivity index is 1.79. The Bertz CT molecular complexity index is 433. The summed E-state index contributed by atoms with van der Waals surface area (Å²) in [7, 11) is 0. The van der Waals surface area contributed by atoms with E-state index in [2.05, 4.69) is 16.3 Å². The minimum atomic E-state index is 0.653. The predicted octanol–water partition coefficient (Wildman–Crippen LogP) is 3.11. The van der Waals surface area contributed by atoms with E-state index in [4.69, 9.17) is 16.9 Å². The van der Waals surface area contributed by atoms with Gasteiger partial charge < -0.3 is 10.2 Å². The molecule has 1 N–H and O–H groups in total. The Kier molecular flexibility index (Phi) is 4.86. The van der Waals surface area contributed by atoms with E-state index >= 15 is 0 Å². The standard InChI is InChI=1S/C14H18ClN3/c15-13-5-4-12(11-16)14(10-13)17-6-3-9-18-7-1-2-8-18/h4-5,10,17H,1-3,6-9H2. The highest BCUT2D eigenvalue weighted by atomic mass is 35.5. The van der Waals surface area contributed by atoms with Crippen molar-refractivity contribution in [2.45, 2.75) is 19.3 Å². The molecular weight excluding hydrogens is 246 g/mol. The van der Waals surface area contributed by atoms with E-state index in [1.807, 2.05) is 6.07 Å². The largest absolute Gasteiger partial charge is 0.384 e. The van der Waals surface area contributed by atoms with Crippen molar-refractivity contribution in [3.63, 3.8) is 0 Å². The Morgan fingerprint density at radius 3 is 2.83 bits per heavy atom. The summed E-state index contributed by atoms with van der Waals surface area (Å²) in [6.45, 7) is 4.49. The van der Waals surface area contributed by atoms with Gasteiger partial charge in [-0.1, -0.05) is 11.6 Å². The van der Waals surface area contributed by atoms with E-state index in [0.717, 1.165) is 25.2 Å². The average molecular weight is 264 g/mol. The third kappa shape index (κ3) is 3.63. The molecule has 0 radical (unpaired) electrons. The summed E-state index contributed by atoms with van der Waals surface area (Å²) in [6.07, 6.45) is 3.76. The van der Waals surface area contributed by atoms with Gasteiger partial charge in [-0.15, -0.1) is 0 Å². The third-order valence-corrected chi connectivity index (χ3v) is 3.50. The Labute approximate surface area is 113 Å². The quantitative estimate of drug-likeness (QED) is 0.830. The lowest BCUT2D eigenvalue weighted by atomic mass is 10.2. The molecule has 1 fully saturated rings. The molecule has 0 atom stereocenters. The molecule has 0 bridgehead atoms. The van der Waals surface area contributed by atoms with Gasteiger partial charge in [-0.05, 0) is 57.1 Å². The van der Waals surface area contributed by atoms with Crippen LogP contribution >= 0.6 is 11.6 Å². The van der Waals surface area contributed by atoms with Crippen LogP contribution < -0.4 is 5.32 Å². The zero-order valence-electron chi connectivity index (χ0n) is 10.5. The molecule has 96 valence electrons. The van der Waals surface area contributed by atoms with Gasteiger partial charge in [0.2, 0.25) is 0 Å². The molecule has 1 heterocycles. The first-order valence-electron chi connectivity index (χ1n) is 6.45. The topological polar surface area (TPSA) is 39.1 Å². The van der Waals surface area contributed by atoms with Crippen molar-refractivity contribution in [3.8, 4) is 6.07 Å². The number of nitrogens with zero attached hydrogens (tertiary/aromatic N) is 2. The second kappa shape index (κ2) is 6.63. The molecular formula is C14H18ClN3. The van der Waals surface area contributed by atoms with E-state index in [9.17, 15) is 0 Å². The van der Waals surface area contributed by atoms with Crippen LogP contribution in [0.5, 0.6) is 0 Å². The van der Waals surface area contributed by atoms with Crippen molar-refractivity contribution in [2.75, 3.05) is 31.5 Å². The summed E-state index contributed by atoms with van der Waals surface area (Å²) in [4.78, 5) is 2.49. The highest BCUT2D eigenvalue weighted by Gasteiger charge is 2.10. The van der Waals surface area contributed by atoms with Crippen molar-refractivity contribution >= 4 is 17.3 Å². The summed E-state index contributed by atoms with van der Waals surface area (Å²) in [5, 5.41) is 13.0. The molecule has 2 rings (SSSR count). The smallest absolute Gasteiger partial charge is 0.101 e. The summed E-state index contributed by atoms with van der Waals surface area (Å²) in [6, 6.07) is 7.49. The summed E-state index contributed by atoms with van der Waals surface area (Å²) in [5.41, 5.74) is 1.49. The first-order valence-corrected chi connectivity index (χ1v) is 6.83. The van der Waals surface area contributed by atoms with E-state index in [1.165, 1.54) is 25.9 Å². The van der Waals surface area contributed by atoms with Crippen LogP contribution in [0, 0.1) is 11.3 Å². The SMILES string of the molecule is N#Cc1ccc(Cl)cc1NCCCN1CCCC1. The monoisotopic (exact) mass is 263 g/mol. The molecule has 4 heteroatoms. The molecule has 0 spiro atoms. The summed E-state index contributed by atoms with van der Waals surface area (Å²) < 4.78 is 0. The third-order valence-electron chi connectivity index (χ3n) is 3.27. The highest BCUT2D eigenvalue weighted by molar-refractivity contribution is 6.30. The number of nitriles is 1. The Morgan fingerprint density at radius 2 is 2.11 bits per heavy atom. The van der Waals surface area contributed by atoms with Crippen molar-refractivity contribution in [1.29, 1.82) is 5.26 Å². The number of hydrogen-bond donors (Lipinski definition) is 1. The molecule has 0 aliphatic carbocycles. The lowest BCUT2D eigenvalue weighted by Gasteiger charge is -2.15. The van der Waals surface area contributed by atoms with Crippen LogP contribution in [0.2, 0.25) is 5.02 Å².